The van der Waals surface area contributed by atoms with Gasteiger partial charge in [0.1, 0.15) is 17.7 Å². The van der Waals surface area contributed by atoms with Crippen LogP contribution in [0.15, 0.2) is 42.5 Å². The molecule has 1 N–H and O–H groups in total. The summed E-state index contributed by atoms with van der Waals surface area (Å²) in [6, 6.07) is 11.5. The molecule has 9 heteroatoms. The van der Waals surface area contributed by atoms with Crippen LogP contribution < -0.4 is 5.32 Å². The number of carbonyl (C=O) groups is 2. The van der Waals surface area contributed by atoms with Gasteiger partial charge in [-0.3, -0.25) is 4.79 Å². The lowest BCUT2D eigenvalue weighted by atomic mass is 10.1. The van der Waals surface area contributed by atoms with E-state index >= 15 is 0 Å². The SMILES string of the molecule is CSCC[C@@H](NC(=O)c1ccc(Cl)cc1Cl)C(=O)OCc1nc2ccccc2s1. The number of hydrogen-bond acceptors (Lipinski definition) is 6. The Morgan fingerprint density at radius 3 is 2.76 bits per heavy atom. The van der Waals surface area contributed by atoms with Gasteiger partial charge in [-0.1, -0.05) is 35.3 Å². The standard InChI is InChI=1S/C20H18Cl2N2O3S2/c1-28-9-8-16(24-19(25)13-7-6-12(21)10-14(13)22)20(26)27-11-18-23-15-4-2-3-5-17(15)29-18/h2-7,10,16H,8-9,11H2,1H3,(H,24,25)/t16-/m1/s1. The highest BCUT2D eigenvalue weighted by Crippen LogP contribution is 2.23. The minimum Gasteiger partial charge on any atom is -0.457 e. The molecule has 152 valence electrons. The summed E-state index contributed by atoms with van der Waals surface area (Å²) in [7, 11) is 0. The highest BCUT2D eigenvalue weighted by atomic mass is 35.5. The molecule has 0 bridgehead atoms. The first-order valence-corrected chi connectivity index (χ1v) is 11.7. The number of thiazole rings is 1. The fraction of sp³-hybridized carbons (Fsp3) is 0.250. The molecule has 0 fully saturated rings. The molecule has 1 heterocycles. The van der Waals surface area contributed by atoms with Gasteiger partial charge in [0.05, 0.1) is 20.8 Å². The quantitative estimate of drug-likeness (QED) is 0.460. The van der Waals surface area contributed by atoms with Gasteiger partial charge < -0.3 is 10.1 Å². The molecule has 0 radical (unpaired) electrons. The second kappa shape index (κ2) is 10.3. The molecule has 3 aromatic rings. The van der Waals surface area contributed by atoms with E-state index in [4.69, 9.17) is 27.9 Å². The Kier molecular flexibility index (Phi) is 7.77. The van der Waals surface area contributed by atoms with E-state index in [2.05, 4.69) is 10.3 Å². The number of rotatable bonds is 8. The maximum absolute atomic E-state index is 12.6. The lowest BCUT2D eigenvalue weighted by Crippen LogP contribution is -2.42. The minimum atomic E-state index is -0.781. The fourth-order valence-electron chi connectivity index (χ4n) is 2.61. The first-order valence-electron chi connectivity index (χ1n) is 8.74. The van der Waals surface area contributed by atoms with Crippen LogP contribution in [0.3, 0.4) is 0 Å². The van der Waals surface area contributed by atoms with Crippen molar-refractivity contribution in [2.45, 2.75) is 19.1 Å². The van der Waals surface area contributed by atoms with E-state index in [0.717, 1.165) is 10.2 Å². The van der Waals surface area contributed by atoms with Crippen LogP contribution in [0, 0.1) is 0 Å². The third-order valence-corrected chi connectivity index (χ3v) is 6.25. The number of hydrogen-bond donors (Lipinski definition) is 1. The van der Waals surface area contributed by atoms with E-state index in [-0.39, 0.29) is 17.2 Å². The zero-order valence-corrected chi connectivity index (χ0v) is 18.6. The molecule has 5 nitrogen and oxygen atoms in total. The molecule has 3 rings (SSSR count). The van der Waals surface area contributed by atoms with Gasteiger partial charge in [0.2, 0.25) is 0 Å². The molecular formula is C20H18Cl2N2O3S2. The number of carbonyl (C=O) groups excluding carboxylic acids is 2. The zero-order valence-electron chi connectivity index (χ0n) is 15.5. The van der Waals surface area contributed by atoms with Crippen LogP contribution in [0.1, 0.15) is 21.8 Å². The van der Waals surface area contributed by atoms with Crippen molar-refractivity contribution in [2.24, 2.45) is 0 Å². The van der Waals surface area contributed by atoms with Crippen molar-refractivity contribution in [1.82, 2.24) is 10.3 Å². The van der Waals surface area contributed by atoms with Crippen molar-refractivity contribution in [3.8, 4) is 0 Å². The average Bonchev–Trinajstić information content (AvgIpc) is 3.12. The number of amides is 1. The predicted octanol–water partition coefficient (Wildman–Crippen LogP) is 5.20. The molecule has 0 spiro atoms. The van der Waals surface area contributed by atoms with Gasteiger partial charge in [-0.05, 0) is 48.8 Å². The summed E-state index contributed by atoms with van der Waals surface area (Å²) in [5.41, 5.74) is 1.12. The monoisotopic (exact) mass is 468 g/mol. The second-order valence-electron chi connectivity index (χ2n) is 6.11. The van der Waals surface area contributed by atoms with Crippen LogP contribution in [-0.4, -0.2) is 34.9 Å². The van der Waals surface area contributed by atoms with Gasteiger partial charge in [-0.15, -0.1) is 11.3 Å². The third-order valence-electron chi connectivity index (χ3n) is 4.05. The average molecular weight is 469 g/mol. The highest BCUT2D eigenvalue weighted by Gasteiger charge is 2.24. The normalized spacial score (nSPS) is 12.0. The van der Waals surface area contributed by atoms with Crippen LogP contribution in [0.4, 0.5) is 0 Å². The van der Waals surface area contributed by atoms with Crippen molar-refractivity contribution < 1.29 is 14.3 Å². The number of aromatic nitrogens is 1. The smallest absolute Gasteiger partial charge is 0.329 e. The van der Waals surface area contributed by atoms with Crippen molar-refractivity contribution in [3.05, 3.63) is 63.1 Å². The summed E-state index contributed by atoms with van der Waals surface area (Å²) in [6.45, 7) is 0.0610. The maximum Gasteiger partial charge on any atom is 0.329 e. The van der Waals surface area contributed by atoms with Crippen LogP contribution in [0.5, 0.6) is 0 Å². The van der Waals surface area contributed by atoms with E-state index in [1.165, 1.54) is 23.5 Å². The van der Waals surface area contributed by atoms with Crippen molar-refractivity contribution in [2.75, 3.05) is 12.0 Å². The number of esters is 1. The van der Waals surface area contributed by atoms with Gasteiger partial charge in [0.15, 0.2) is 0 Å². The highest BCUT2D eigenvalue weighted by molar-refractivity contribution is 7.98. The molecule has 0 saturated carbocycles. The van der Waals surface area contributed by atoms with Crippen molar-refractivity contribution in [3.63, 3.8) is 0 Å². The Bertz CT molecular complexity index is 993. The van der Waals surface area contributed by atoms with Gasteiger partial charge in [0.25, 0.3) is 5.91 Å². The number of para-hydroxylation sites is 1. The zero-order chi connectivity index (χ0) is 20.8. The predicted molar refractivity (Wildman–Crippen MR) is 120 cm³/mol. The molecule has 2 aromatic carbocycles. The van der Waals surface area contributed by atoms with Crippen LogP contribution in [0.2, 0.25) is 10.0 Å². The Labute approximate surface area is 186 Å². The first kappa shape index (κ1) is 21.9. The Hall–Kier alpha value is -1.80. The Morgan fingerprint density at radius 2 is 2.03 bits per heavy atom. The van der Waals surface area contributed by atoms with E-state index < -0.39 is 17.9 Å². The Morgan fingerprint density at radius 1 is 1.24 bits per heavy atom. The van der Waals surface area contributed by atoms with Gasteiger partial charge in [-0.2, -0.15) is 11.8 Å². The number of nitrogens with zero attached hydrogens (tertiary/aromatic N) is 1. The topological polar surface area (TPSA) is 68.3 Å². The molecule has 0 unspecified atom stereocenters. The van der Waals surface area contributed by atoms with Gasteiger partial charge in [0, 0.05) is 5.02 Å². The third kappa shape index (κ3) is 5.85. The first-order chi connectivity index (χ1) is 14.0. The number of benzene rings is 2. The summed E-state index contributed by atoms with van der Waals surface area (Å²) in [5, 5.41) is 4.08. The van der Waals surface area contributed by atoms with Gasteiger partial charge in [-0.25, -0.2) is 9.78 Å². The lowest BCUT2D eigenvalue weighted by Gasteiger charge is -2.17. The summed E-state index contributed by atoms with van der Waals surface area (Å²) in [4.78, 5) is 29.7. The van der Waals surface area contributed by atoms with E-state index in [1.54, 1.807) is 17.8 Å². The molecule has 0 aliphatic carbocycles. The molecule has 0 aliphatic heterocycles. The Balaban J connectivity index is 1.66. The molecular weight excluding hydrogens is 451 g/mol. The number of fused-ring (bicyclic) bond motifs is 1. The number of halogens is 2. The number of nitrogens with one attached hydrogen (secondary N) is 1. The molecule has 1 atom stereocenters. The molecule has 1 amide bonds. The molecule has 1 aromatic heterocycles. The molecule has 0 saturated heterocycles. The summed E-state index contributed by atoms with van der Waals surface area (Å²) >= 11 is 15.0. The van der Waals surface area contributed by atoms with Crippen molar-refractivity contribution in [1.29, 1.82) is 0 Å². The lowest BCUT2D eigenvalue weighted by molar-refractivity contribution is -0.147. The maximum atomic E-state index is 12.6. The van der Waals surface area contributed by atoms with Crippen molar-refractivity contribution >= 4 is 68.4 Å². The summed E-state index contributed by atoms with van der Waals surface area (Å²) in [5.74, 6) is -0.262. The van der Waals surface area contributed by atoms with E-state index in [0.29, 0.717) is 22.2 Å². The van der Waals surface area contributed by atoms with Crippen LogP contribution in [0.25, 0.3) is 10.2 Å². The van der Waals surface area contributed by atoms with Crippen LogP contribution in [-0.2, 0) is 16.1 Å². The van der Waals surface area contributed by atoms with E-state index in [1.807, 2.05) is 30.5 Å². The second-order valence-corrected chi connectivity index (χ2v) is 9.06. The summed E-state index contributed by atoms with van der Waals surface area (Å²) < 4.78 is 6.46. The number of ether oxygens (including phenoxy) is 1. The number of thioether (sulfide) groups is 1. The molecule has 29 heavy (non-hydrogen) atoms. The van der Waals surface area contributed by atoms with Crippen LogP contribution >= 0.6 is 46.3 Å². The molecule has 0 aliphatic rings. The fourth-order valence-corrected chi connectivity index (χ4v) is 4.46. The largest absolute Gasteiger partial charge is 0.457 e. The minimum absolute atomic E-state index is 0.0610. The summed E-state index contributed by atoms with van der Waals surface area (Å²) in [6.07, 6.45) is 2.37. The van der Waals surface area contributed by atoms with E-state index in [9.17, 15) is 9.59 Å². The van der Waals surface area contributed by atoms with Gasteiger partial charge >= 0.3 is 5.97 Å².